The Morgan fingerprint density at radius 3 is 2.58 bits per heavy atom. The first kappa shape index (κ1) is 15.0. The fraction of sp³-hybridized carbons (Fsp3) is 0.429. The van der Waals surface area contributed by atoms with Crippen molar-refractivity contribution in [2.75, 3.05) is 20.2 Å². The molecule has 0 aliphatic carbocycles. The number of carboxylic acid groups (broad SMARTS) is 1. The molecule has 0 heterocycles. The number of carbonyl (C=O) groups excluding carboxylic acids is 1. The van der Waals surface area contributed by atoms with Gasteiger partial charge in [-0.25, -0.2) is 0 Å². The molecule has 19 heavy (non-hydrogen) atoms. The number of methoxy groups -OCH3 is 1. The Balaban J connectivity index is 3.07. The number of ether oxygens (including phenoxy) is 1. The van der Waals surface area contributed by atoms with Gasteiger partial charge in [-0.2, -0.15) is 0 Å². The number of carbonyl (C=O) groups is 2. The van der Waals surface area contributed by atoms with Crippen molar-refractivity contribution < 1.29 is 19.4 Å². The van der Waals surface area contributed by atoms with Crippen molar-refractivity contribution in [2.45, 2.75) is 20.3 Å². The van der Waals surface area contributed by atoms with Gasteiger partial charge in [0.05, 0.1) is 12.7 Å². The molecule has 0 aromatic heterocycles. The summed E-state index contributed by atoms with van der Waals surface area (Å²) in [5, 5.41) is 8.86. The third-order valence-electron chi connectivity index (χ3n) is 2.69. The molecule has 0 aliphatic heterocycles. The molecule has 0 fully saturated rings. The maximum atomic E-state index is 12.4. The lowest BCUT2D eigenvalue weighted by molar-refractivity contribution is -0.137. The maximum Gasteiger partial charge on any atom is 0.323 e. The van der Waals surface area contributed by atoms with E-state index in [4.69, 9.17) is 9.84 Å². The van der Waals surface area contributed by atoms with Gasteiger partial charge in [-0.1, -0.05) is 18.6 Å². The molecule has 0 bridgehead atoms. The summed E-state index contributed by atoms with van der Waals surface area (Å²) >= 11 is 0. The van der Waals surface area contributed by atoms with Gasteiger partial charge in [0.1, 0.15) is 12.3 Å². The highest BCUT2D eigenvalue weighted by atomic mass is 16.5. The van der Waals surface area contributed by atoms with Gasteiger partial charge in [0.2, 0.25) is 0 Å². The number of hydrogen-bond acceptors (Lipinski definition) is 3. The standard InChI is InChI=1S/C14H19NO4/c1-4-7-15(9-13(16)17)14(18)11-8-10(2)5-6-12(11)19-3/h5-6,8H,4,7,9H2,1-3H3,(H,16,17). The predicted octanol–water partition coefficient (Wildman–Crippen LogP) is 1.94. The summed E-state index contributed by atoms with van der Waals surface area (Å²) in [5.41, 5.74) is 1.33. The van der Waals surface area contributed by atoms with Crippen LogP contribution in [0.25, 0.3) is 0 Å². The fourth-order valence-corrected chi connectivity index (χ4v) is 1.84. The Bertz CT molecular complexity index is 471. The third kappa shape index (κ3) is 3.98. The van der Waals surface area contributed by atoms with Crippen LogP contribution in [-0.2, 0) is 4.79 Å². The van der Waals surface area contributed by atoms with Crippen LogP contribution in [0.2, 0.25) is 0 Å². The van der Waals surface area contributed by atoms with E-state index in [9.17, 15) is 9.59 Å². The summed E-state index contributed by atoms with van der Waals surface area (Å²) in [5.74, 6) is -0.875. The highest BCUT2D eigenvalue weighted by molar-refractivity contribution is 5.98. The lowest BCUT2D eigenvalue weighted by Crippen LogP contribution is -2.36. The normalized spacial score (nSPS) is 10.1. The minimum Gasteiger partial charge on any atom is -0.496 e. The van der Waals surface area contributed by atoms with E-state index in [1.807, 2.05) is 19.9 Å². The van der Waals surface area contributed by atoms with Crippen LogP contribution in [0, 0.1) is 6.92 Å². The Morgan fingerprint density at radius 1 is 1.37 bits per heavy atom. The second kappa shape index (κ2) is 6.78. The average molecular weight is 265 g/mol. The van der Waals surface area contributed by atoms with Gasteiger partial charge in [-0.15, -0.1) is 0 Å². The Labute approximate surface area is 112 Å². The summed E-state index contributed by atoms with van der Waals surface area (Å²) in [6.07, 6.45) is 0.702. The summed E-state index contributed by atoms with van der Waals surface area (Å²) in [6, 6.07) is 5.27. The first-order valence-corrected chi connectivity index (χ1v) is 6.15. The number of amides is 1. The Hall–Kier alpha value is -2.04. The van der Waals surface area contributed by atoms with Gasteiger partial charge in [0.25, 0.3) is 5.91 Å². The van der Waals surface area contributed by atoms with Crippen LogP contribution in [0.3, 0.4) is 0 Å². The monoisotopic (exact) mass is 265 g/mol. The van der Waals surface area contributed by atoms with Gasteiger partial charge in [-0.3, -0.25) is 9.59 Å². The first-order valence-electron chi connectivity index (χ1n) is 6.15. The number of nitrogens with zero attached hydrogens (tertiary/aromatic N) is 1. The van der Waals surface area contributed by atoms with E-state index in [-0.39, 0.29) is 12.5 Å². The van der Waals surface area contributed by atoms with Crippen LogP contribution in [-0.4, -0.2) is 42.1 Å². The summed E-state index contributed by atoms with van der Waals surface area (Å²) < 4.78 is 5.16. The predicted molar refractivity (Wildman–Crippen MR) is 71.6 cm³/mol. The molecular formula is C14H19NO4. The third-order valence-corrected chi connectivity index (χ3v) is 2.69. The molecule has 1 aromatic carbocycles. The number of aryl methyl sites for hydroxylation is 1. The van der Waals surface area contributed by atoms with Gasteiger partial charge < -0.3 is 14.7 Å². The highest BCUT2D eigenvalue weighted by Crippen LogP contribution is 2.21. The molecule has 0 spiro atoms. The number of carboxylic acids is 1. The Morgan fingerprint density at radius 2 is 2.05 bits per heavy atom. The summed E-state index contributed by atoms with van der Waals surface area (Å²) in [4.78, 5) is 24.5. The zero-order valence-corrected chi connectivity index (χ0v) is 11.5. The number of rotatable bonds is 6. The van der Waals surface area contributed by atoms with Crippen LogP contribution < -0.4 is 4.74 Å². The molecule has 104 valence electrons. The molecule has 5 nitrogen and oxygen atoms in total. The van der Waals surface area contributed by atoms with Crippen molar-refractivity contribution in [3.8, 4) is 5.75 Å². The van der Waals surface area contributed by atoms with Crippen LogP contribution in [0.4, 0.5) is 0 Å². The van der Waals surface area contributed by atoms with E-state index in [2.05, 4.69) is 0 Å². The highest BCUT2D eigenvalue weighted by Gasteiger charge is 2.21. The number of benzene rings is 1. The lowest BCUT2D eigenvalue weighted by Gasteiger charge is -2.21. The van der Waals surface area contributed by atoms with Crippen LogP contribution >= 0.6 is 0 Å². The van der Waals surface area contributed by atoms with Gasteiger partial charge >= 0.3 is 5.97 Å². The SMILES string of the molecule is CCCN(CC(=O)O)C(=O)c1cc(C)ccc1OC. The molecule has 0 unspecified atom stereocenters. The van der Waals surface area contributed by atoms with E-state index >= 15 is 0 Å². The number of aliphatic carboxylic acids is 1. The molecule has 1 aromatic rings. The topological polar surface area (TPSA) is 66.8 Å². The van der Waals surface area contributed by atoms with Gasteiger partial charge in [-0.05, 0) is 25.5 Å². The van der Waals surface area contributed by atoms with Crippen LogP contribution in [0.5, 0.6) is 5.75 Å². The van der Waals surface area contributed by atoms with Crippen molar-refractivity contribution >= 4 is 11.9 Å². The van der Waals surface area contributed by atoms with Gasteiger partial charge in [0.15, 0.2) is 0 Å². The quantitative estimate of drug-likeness (QED) is 0.853. The molecule has 1 amide bonds. The van der Waals surface area contributed by atoms with E-state index in [1.165, 1.54) is 12.0 Å². The van der Waals surface area contributed by atoms with Crippen molar-refractivity contribution in [1.29, 1.82) is 0 Å². The second-order valence-corrected chi connectivity index (χ2v) is 4.32. The van der Waals surface area contributed by atoms with Crippen molar-refractivity contribution in [3.05, 3.63) is 29.3 Å². The zero-order chi connectivity index (χ0) is 14.4. The minimum atomic E-state index is -1.02. The van der Waals surface area contributed by atoms with E-state index in [0.717, 1.165) is 5.56 Å². The Kier molecular flexibility index (Phi) is 5.36. The minimum absolute atomic E-state index is 0.302. The molecule has 0 saturated heterocycles. The van der Waals surface area contributed by atoms with E-state index in [1.54, 1.807) is 12.1 Å². The van der Waals surface area contributed by atoms with E-state index < -0.39 is 5.97 Å². The van der Waals surface area contributed by atoms with Crippen molar-refractivity contribution in [2.24, 2.45) is 0 Å². The molecule has 0 radical (unpaired) electrons. The lowest BCUT2D eigenvalue weighted by atomic mass is 10.1. The molecule has 1 N–H and O–H groups in total. The largest absolute Gasteiger partial charge is 0.496 e. The van der Waals surface area contributed by atoms with Crippen LogP contribution in [0.1, 0.15) is 29.3 Å². The molecular weight excluding hydrogens is 246 g/mol. The summed E-state index contributed by atoms with van der Waals surface area (Å²) in [7, 11) is 1.49. The first-order chi connectivity index (χ1) is 8.99. The maximum absolute atomic E-state index is 12.4. The average Bonchev–Trinajstić information content (AvgIpc) is 2.37. The smallest absolute Gasteiger partial charge is 0.323 e. The zero-order valence-electron chi connectivity index (χ0n) is 11.5. The van der Waals surface area contributed by atoms with Crippen molar-refractivity contribution in [1.82, 2.24) is 4.90 Å². The fourth-order valence-electron chi connectivity index (χ4n) is 1.84. The molecule has 0 aliphatic rings. The van der Waals surface area contributed by atoms with Crippen molar-refractivity contribution in [3.63, 3.8) is 0 Å². The summed E-state index contributed by atoms with van der Waals surface area (Å²) in [6.45, 7) is 3.87. The van der Waals surface area contributed by atoms with Crippen LogP contribution in [0.15, 0.2) is 18.2 Å². The second-order valence-electron chi connectivity index (χ2n) is 4.32. The molecule has 1 rings (SSSR count). The molecule has 5 heteroatoms. The van der Waals surface area contributed by atoms with Gasteiger partial charge in [0, 0.05) is 6.54 Å². The molecule has 0 saturated carbocycles. The number of hydrogen-bond donors (Lipinski definition) is 1. The molecule has 0 atom stereocenters. The van der Waals surface area contributed by atoms with E-state index in [0.29, 0.717) is 24.3 Å².